The van der Waals surface area contributed by atoms with E-state index in [0.717, 1.165) is 6.54 Å². The highest BCUT2D eigenvalue weighted by atomic mass is 16.6. The normalized spacial score (nSPS) is 12.4. The molecular formula is C14H20N2O4. The van der Waals surface area contributed by atoms with Crippen LogP contribution >= 0.6 is 0 Å². The zero-order valence-corrected chi connectivity index (χ0v) is 12.0. The molecule has 1 aromatic carbocycles. The molecule has 0 heterocycles. The number of ether oxygens (including phenoxy) is 1. The number of ketones is 1. The van der Waals surface area contributed by atoms with Crippen LogP contribution in [0.15, 0.2) is 24.3 Å². The summed E-state index contributed by atoms with van der Waals surface area (Å²) in [6.07, 6.45) is 0. The maximum atomic E-state index is 12.2. The van der Waals surface area contributed by atoms with Crippen LogP contribution < -0.4 is 0 Å². The number of hydrogen-bond donors (Lipinski definition) is 0. The van der Waals surface area contributed by atoms with Crippen LogP contribution in [0.3, 0.4) is 0 Å². The lowest BCUT2D eigenvalue weighted by Crippen LogP contribution is -2.39. The number of rotatable bonds is 8. The number of nitrogens with zero attached hydrogens (tertiary/aromatic N) is 2. The van der Waals surface area contributed by atoms with Crippen LogP contribution in [-0.2, 0) is 4.74 Å². The predicted molar refractivity (Wildman–Crippen MR) is 76.0 cm³/mol. The van der Waals surface area contributed by atoms with Crippen LogP contribution in [0.4, 0.5) is 5.69 Å². The molecule has 0 saturated heterocycles. The molecule has 0 aromatic heterocycles. The van der Waals surface area contributed by atoms with E-state index in [4.69, 9.17) is 4.74 Å². The Kier molecular flexibility index (Phi) is 6.27. The molecule has 0 radical (unpaired) electrons. The molecule has 1 unspecified atom stereocenters. The average Bonchev–Trinajstić information content (AvgIpc) is 2.44. The minimum atomic E-state index is -0.479. The fourth-order valence-corrected chi connectivity index (χ4v) is 1.97. The van der Waals surface area contributed by atoms with Gasteiger partial charge in [-0.15, -0.1) is 0 Å². The molecule has 1 rings (SSSR count). The van der Waals surface area contributed by atoms with Gasteiger partial charge in [-0.05, 0) is 25.6 Å². The Balaban J connectivity index is 2.71. The van der Waals surface area contributed by atoms with E-state index in [9.17, 15) is 14.9 Å². The average molecular weight is 280 g/mol. The summed E-state index contributed by atoms with van der Waals surface area (Å²) < 4.78 is 5.09. The number of benzene rings is 1. The lowest BCUT2D eigenvalue weighted by molar-refractivity contribution is -0.384. The second-order valence-electron chi connectivity index (χ2n) is 4.59. The molecule has 0 saturated carbocycles. The Labute approximate surface area is 118 Å². The van der Waals surface area contributed by atoms with Gasteiger partial charge < -0.3 is 4.74 Å². The van der Waals surface area contributed by atoms with Gasteiger partial charge in [0.2, 0.25) is 0 Å². The van der Waals surface area contributed by atoms with E-state index < -0.39 is 4.92 Å². The number of carbonyl (C=O) groups is 1. The molecule has 0 amide bonds. The Hall–Kier alpha value is -1.79. The molecule has 0 aliphatic carbocycles. The highest BCUT2D eigenvalue weighted by Crippen LogP contribution is 2.13. The maximum absolute atomic E-state index is 12.2. The number of non-ortho nitro benzene ring substituents is 1. The number of nitro groups is 1. The quantitative estimate of drug-likeness (QED) is 0.414. The molecule has 1 atom stereocenters. The molecule has 0 aliphatic heterocycles. The van der Waals surface area contributed by atoms with Gasteiger partial charge in [-0.25, -0.2) is 0 Å². The van der Waals surface area contributed by atoms with Crippen molar-refractivity contribution in [3.63, 3.8) is 0 Å². The Bertz CT molecular complexity index is 459. The molecule has 0 fully saturated rings. The van der Waals surface area contributed by atoms with E-state index in [-0.39, 0.29) is 24.1 Å². The molecule has 0 aliphatic rings. The highest BCUT2D eigenvalue weighted by molar-refractivity contribution is 5.97. The third-order valence-electron chi connectivity index (χ3n) is 3.18. The summed E-state index contributed by atoms with van der Waals surface area (Å²) >= 11 is 0. The third-order valence-corrected chi connectivity index (χ3v) is 3.18. The Morgan fingerprint density at radius 1 is 1.40 bits per heavy atom. The zero-order valence-electron chi connectivity index (χ0n) is 12.0. The van der Waals surface area contributed by atoms with Gasteiger partial charge in [0.15, 0.2) is 5.78 Å². The second-order valence-corrected chi connectivity index (χ2v) is 4.59. The first-order valence-corrected chi connectivity index (χ1v) is 6.50. The van der Waals surface area contributed by atoms with Crippen molar-refractivity contribution < 1.29 is 14.5 Å². The summed E-state index contributed by atoms with van der Waals surface area (Å²) in [6, 6.07) is 5.83. The predicted octanol–water partition coefficient (Wildman–Crippen LogP) is 2.13. The smallest absolute Gasteiger partial charge is 0.269 e. The number of carbonyl (C=O) groups excluding carboxylic acids is 1. The van der Waals surface area contributed by atoms with Gasteiger partial charge in [-0.3, -0.25) is 19.8 Å². The number of methoxy groups -OCH3 is 1. The second kappa shape index (κ2) is 7.72. The summed E-state index contributed by atoms with van der Waals surface area (Å²) in [6.45, 7) is 5.55. The summed E-state index contributed by atoms with van der Waals surface area (Å²) in [4.78, 5) is 24.2. The first-order valence-electron chi connectivity index (χ1n) is 6.50. The Morgan fingerprint density at radius 3 is 2.45 bits per heavy atom. The van der Waals surface area contributed by atoms with Gasteiger partial charge in [-0.1, -0.05) is 6.92 Å². The number of Topliss-reactive ketones (excluding diaryl/α,β-unsaturated/α-hetero) is 1. The largest absolute Gasteiger partial charge is 0.383 e. The van der Waals surface area contributed by atoms with Crippen molar-refractivity contribution in [1.29, 1.82) is 0 Å². The van der Waals surface area contributed by atoms with E-state index in [1.54, 1.807) is 7.11 Å². The summed E-state index contributed by atoms with van der Waals surface area (Å²) in [7, 11) is 1.63. The van der Waals surface area contributed by atoms with E-state index in [1.165, 1.54) is 24.3 Å². The standard InChI is InChI=1S/C14H20N2O4/c1-4-15(11(2)10-20-3)9-14(17)12-5-7-13(8-6-12)16(18)19/h5-8,11H,4,9-10H2,1-3H3. The molecule has 0 N–H and O–H groups in total. The van der Waals surface area contributed by atoms with Crippen molar-refractivity contribution >= 4 is 11.5 Å². The lowest BCUT2D eigenvalue weighted by Gasteiger charge is -2.26. The molecular weight excluding hydrogens is 260 g/mol. The number of nitro benzene ring substituents is 1. The molecule has 0 spiro atoms. The summed E-state index contributed by atoms with van der Waals surface area (Å²) in [5.74, 6) is -0.0512. The Morgan fingerprint density at radius 2 is 2.00 bits per heavy atom. The van der Waals surface area contributed by atoms with Crippen molar-refractivity contribution in [2.24, 2.45) is 0 Å². The van der Waals surface area contributed by atoms with Crippen molar-refractivity contribution in [2.45, 2.75) is 19.9 Å². The fraction of sp³-hybridized carbons (Fsp3) is 0.500. The fourth-order valence-electron chi connectivity index (χ4n) is 1.97. The van der Waals surface area contributed by atoms with E-state index >= 15 is 0 Å². The molecule has 6 heteroatoms. The number of hydrogen-bond acceptors (Lipinski definition) is 5. The van der Waals surface area contributed by atoms with Gasteiger partial charge in [0, 0.05) is 30.8 Å². The lowest BCUT2D eigenvalue weighted by atomic mass is 10.1. The van der Waals surface area contributed by atoms with Crippen LogP contribution in [0.5, 0.6) is 0 Å². The zero-order chi connectivity index (χ0) is 15.1. The van der Waals surface area contributed by atoms with Gasteiger partial charge >= 0.3 is 0 Å². The monoisotopic (exact) mass is 280 g/mol. The molecule has 0 bridgehead atoms. The van der Waals surface area contributed by atoms with Gasteiger partial charge in [-0.2, -0.15) is 0 Å². The van der Waals surface area contributed by atoms with E-state index in [2.05, 4.69) is 0 Å². The van der Waals surface area contributed by atoms with E-state index in [1.807, 2.05) is 18.7 Å². The topological polar surface area (TPSA) is 72.7 Å². The van der Waals surface area contributed by atoms with Gasteiger partial charge in [0.1, 0.15) is 0 Å². The summed E-state index contributed by atoms with van der Waals surface area (Å²) in [5, 5.41) is 10.6. The van der Waals surface area contributed by atoms with Crippen LogP contribution in [0.1, 0.15) is 24.2 Å². The molecule has 6 nitrogen and oxygen atoms in total. The van der Waals surface area contributed by atoms with Crippen LogP contribution in [0.25, 0.3) is 0 Å². The number of likely N-dealkylation sites (N-methyl/N-ethyl adjacent to an activating group) is 1. The SMILES string of the molecule is CCN(CC(=O)c1ccc([N+](=O)[O-])cc1)C(C)COC. The van der Waals surface area contributed by atoms with Crippen LogP contribution in [0, 0.1) is 10.1 Å². The third kappa shape index (κ3) is 4.40. The first-order chi connectivity index (χ1) is 9.49. The highest BCUT2D eigenvalue weighted by Gasteiger charge is 2.17. The molecule has 20 heavy (non-hydrogen) atoms. The first kappa shape index (κ1) is 16.3. The van der Waals surface area contributed by atoms with Crippen molar-refractivity contribution in [2.75, 3.05) is 26.8 Å². The maximum Gasteiger partial charge on any atom is 0.269 e. The van der Waals surface area contributed by atoms with E-state index in [0.29, 0.717) is 12.2 Å². The van der Waals surface area contributed by atoms with Crippen molar-refractivity contribution in [1.82, 2.24) is 4.90 Å². The molecule has 1 aromatic rings. The van der Waals surface area contributed by atoms with Crippen LogP contribution in [-0.4, -0.2) is 48.5 Å². The van der Waals surface area contributed by atoms with Crippen molar-refractivity contribution in [3.05, 3.63) is 39.9 Å². The molecule has 110 valence electrons. The summed E-state index contributed by atoms with van der Waals surface area (Å²) in [5.41, 5.74) is 0.473. The van der Waals surface area contributed by atoms with Gasteiger partial charge in [0.25, 0.3) is 5.69 Å². The van der Waals surface area contributed by atoms with Gasteiger partial charge in [0.05, 0.1) is 18.1 Å². The minimum Gasteiger partial charge on any atom is -0.383 e. The van der Waals surface area contributed by atoms with Crippen molar-refractivity contribution in [3.8, 4) is 0 Å². The van der Waals surface area contributed by atoms with Crippen LogP contribution in [0.2, 0.25) is 0 Å². The minimum absolute atomic E-state index is 0.0124.